The van der Waals surface area contributed by atoms with Gasteiger partial charge in [-0.15, -0.1) is 5.10 Å². The van der Waals surface area contributed by atoms with Crippen molar-refractivity contribution in [2.24, 2.45) is 0 Å². The number of benzene rings is 3. The van der Waals surface area contributed by atoms with Gasteiger partial charge in [-0.3, -0.25) is 4.90 Å². The number of hydrogen-bond donors (Lipinski definition) is 1. The van der Waals surface area contributed by atoms with Crippen molar-refractivity contribution in [1.29, 1.82) is 0 Å². The summed E-state index contributed by atoms with van der Waals surface area (Å²) in [5.74, 6) is 0.668. The lowest BCUT2D eigenvalue weighted by molar-refractivity contribution is 0.195. The molecule has 0 fully saturated rings. The summed E-state index contributed by atoms with van der Waals surface area (Å²) in [5, 5.41) is 22.3. The van der Waals surface area contributed by atoms with E-state index >= 15 is 0 Å². The van der Waals surface area contributed by atoms with Crippen LogP contribution in [0.3, 0.4) is 0 Å². The number of halogens is 1. The second kappa shape index (κ2) is 8.28. The number of tetrazole rings is 1. The van der Waals surface area contributed by atoms with Crippen LogP contribution in [-0.2, 0) is 19.5 Å². The van der Waals surface area contributed by atoms with Gasteiger partial charge in [0.05, 0.1) is 12.6 Å². The minimum absolute atomic E-state index is 0.176. The lowest BCUT2D eigenvalue weighted by atomic mass is 9.96. The first-order chi connectivity index (χ1) is 15.2. The molecule has 1 aliphatic rings. The van der Waals surface area contributed by atoms with Crippen molar-refractivity contribution >= 4 is 0 Å². The Labute approximate surface area is 179 Å². The maximum atomic E-state index is 13.3. The highest BCUT2D eigenvalue weighted by molar-refractivity contribution is 5.34. The highest BCUT2D eigenvalue weighted by atomic mass is 19.1. The van der Waals surface area contributed by atoms with E-state index in [0.717, 1.165) is 36.5 Å². The lowest BCUT2D eigenvalue weighted by Gasteiger charge is -2.35. The van der Waals surface area contributed by atoms with Crippen molar-refractivity contribution in [1.82, 2.24) is 25.1 Å². The zero-order chi connectivity index (χ0) is 21.2. The SMILES string of the molecule is Oc1ccc(C(c2nnnn2Cc2ccc(F)cc2)N2CCc3ccccc3C2)cc1. The molecule has 3 aromatic carbocycles. The van der Waals surface area contributed by atoms with E-state index in [1.165, 1.54) is 23.3 Å². The van der Waals surface area contributed by atoms with Gasteiger partial charge >= 0.3 is 0 Å². The Bertz CT molecular complexity index is 1170. The van der Waals surface area contributed by atoms with E-state index in [4.69, 9.17) is 0 Å². The Kier molecular flexibility index (Phi) is 5.18. The summed E-state index contributed by atoms with van der Waals surface area (Å²) in [7, 11) is 0. The van der Waals surface area contributed by atoms with Crippen molar-refractivity contribution < 1.29 is 9.50 Å². The molecule has 1 atom stereocenters. The van der Waals surface area contributed by atoms with Crippen LogP contribution in [-0.4, -0.2) is 36.8 Å². The van der Waals surface area contributed by atoms with Crippen LogP contribution in [0.5, 0.6) is 5.75 Å². The molecule has 0 saturated heterocycles. The summed E-state index contributed by atoms with van der Waals surface area (Å²) in [6.07, 6.45) is 0.949. The van der Waals surface area contributed by atoms with Gasteiger partial charge < -0.3 is 5.11 Å². The first-order valence-corrected chi connectivity index (χ1v) is 10.3. The summed E-state index contributed by atoms with van der Waals surface area (Å²) in [5.41, 5.74) is 4.60. The summed E-state index contributed by atoms with van der Waals surface area (Å²) in [4.78, 5) is 2.36. The largest absolute Gasteiger partial charge is 0.508 e. The van der Waals surface area contributed by atoms with Crippen molar-refractivity contribution in [3.63, 3.8) is 0 Å². The van der Waals surface area contributed by atoms with Crippen molar-refractivity contribution in [3.05, 3.63) is 107 Å². The molecule has 156 valence electrons. The summed E-state index contributed by atoms with van der Waals surface area (Å²) >= 11 is 0. The number of aromatic hydroxyl groups is 1. The van der Waals surface area contributed by atoms with Crippen LogP contribution in [0.15, 0.2) is 72.8 Å². The number of rotatable bonds is 5. The van der Waals surface area contributed by atoms with E-state index in [-0.39, 0.29) is 17.6 Å². The van der Waals surface area contributed by atoms with Gasteiger partial charge in [-0.05, 0) is 63.4 Å². The molecular formula is C24H22FN5O. The van der Waals surface area contributed by atoms with Gasteiger partial charge in [-0.25, -0.2) is 9.07 Å². The average Bonchev–Trinajstić information content (AvgIpc) is 3.24. The quantitative estimate of drug-likeness (QED) is 0.538. The molecule has 1 N–H and O–H groups in total. The summed E-state index contributed by atoms with van der Waals surface area (Å²) < 4.78 is 15.1. The van der Waals surface area contributed by atoms with E-state index < -0.39 is 0 Å². The second-order valence-electron chi connectivity index (χ2n) is 7.80. The fourth-order valence-corrected chi connectivity index (χ4v) is 4.20. The van der Waals surface area contributed by atoms with E-state index in [1.54, 1.807) is 28.9 Å². The number of hydrogen-bond acceptors (Lipinski definition) is 5. The monoisotopic (exact) mass is 415 g/mol. The molecule has 31 heavy (non-hydrogen) atoms. The first-order valence-electron chi connectivity index (χ1n) is 10.3. The third-order valence-corrected chi connectivity index (χ3v) is 5.78. The van der Waals surface area contributed by atoms with Gasteiger partial charge in [0, 0.05) is 13.1 Å². The van der Waals surface area contributed by atoms with Crippen LogP contribution >= 0.6 is 0 Å². The lowest BCUT2D eigenvalue weighted by Crippen LogP contribution is -2.36. The maximum Gasteiger partial charge on any atom is 0.173 e. The third-order valence-electron chi connectivity index (χ3n) is 5.78. The standard InChI is InChI=1S/C24H22FN5O/c25-21-9-5-17(6-10-21)15-30-24(26-27-28-30)23(19-7-11-22(31)12-8-19)29-14-13-18-3-1-2-4-20(18)16-29/h1-12,23,31H,13-16H2. The topological polar surface area (TPSA) is 67.1 Å². The molecule has 0 spiro atoms. The zero-order valence-electron chi connectivity index (χ0n) is 16.9. The molecule has 5 rings (SSSR count). The maximum absolute atomic E-state index is 13.3. The van der Waals surface area contributed by atoms with E-state index in [0.29, 0.717) is 6.54 Å². The van der Waals surface area contributed by atoms with E-state index in [9.17, 15) is 9.50 Å². The number of aromatic nitrogens is 4. The van der Waals surface area contributed by atoms with Crippen LogP contribution in [0.4, 0.5) is 4.39 Å². The Morgan fingerprint density at radius 2 is 1.68 bits per heavy atom. The number of fused-ring (bicyclic) bond motifs is 1. The van der Waals surface area contributed by atoms with Crippen LogP contribution in [0.2, 0.25) is 0 Å². The molecule has 0 radical (unpaired) electrons. The summed E-state index contributed by atoms with van der Waals surface area (Å²) in [6, 6.07) is 21.9. The molecule has 6 nitrogen and oxygen atoms in total. The molecule has 0 aliphatic carbocycles. The molecular weight excluding hydrogens is 393 g/mol. The highest BCUT2D eigenvalue weighted by Crippen LogP contribution is 2.32. The third kappa shape index (κ3) is 4.04. The van der Waals surface area contributed by atoms with Gasteiger partial charge in [-0.2, -0.15) is 0 Å². The molecule has 1 aromatic heterocycles. The molecule has 1 aliphatic heterocycles. The molecule has 0 amide bonds. The molecule has 1 unspecified atom stereocenters. The fourth-order valence-electron chi connectivity index (χ4n) is 4.20. The fraction of sp³-hybridized carbons (Fsp3) is 0.208. The van der Waals surface area contributed by atoms with Crippen LogP contribution in [0.1, 0.15) is 34.1 Å². The second-order valence-corrected chi connectivity index (χ2v) is 7.80. The number of phenolic OH excluding ortho intramolecular Hbond substituents is 1. The Balaban J connectivity index is 1.52. The van der Waals surface area contributed by atoms with Crippen molar-refractivity contribution in [3.8, 4) is 5.75 Å². The minimum Gasteiger partial charge on any atom is -0.508 e. The van der Waals surface area contributed by atoms with Gasteiger partial charge in [0.25, 0.3) is 0 Å². The molecule has 0 bridgehead atoms. The van der Waals surface area contributed by atoms with Gasteiger partial charge in [0.1, 0.15) is 11.6 Å². The molecule has 4 aromatic rings. The summed E-state index contributed by atoms with van der Waals surface area (Å²) in [6.45, 7) is 2.10. The Morgan fingerprint density at radius 1 is 0.935 bits per heavy atom. The van der Waals surface area contributed by atoms with E-state index in [1.807, 2.05) is 12.1 Å². The molecule has 7 heteroatoms. The minimum atomic E-state index is -0.269. The van der Waals surface area contributed by atoms with Gasteiger partial charge in [0.15, 0.2) is 5.82 Å². The van der Waals surface area contributed by atoms with Crippen LogP contribution in [0.25, 0.3) is 0 Å². The first kappa shape index (κ1) is 19.4. The predicted molar refractivity (Wildman–Crippen MR) is 114 cm³/mol. The van der Waals surface area contributed by atoms with Crippen molar-refractivity contribution in [2.45, 2.75) is 25.6 Å². The Hall–Kier alpha value is -3.58. The average molecular weight is 415 g/mol. The highest BCUT2D eigenvalue weighted by Gasteiger charge is 2.30. The van der Waals surface area contributed by atoms with Gasteiger partial charge in [-0.1, -0.05) is 48.5 Å². The smallest absolute Gasteiger partial charge is 0.173 e. The van der Waals surface area contributed by atoms with Crippen LogP contribution < -0.4 is 0 Å². The number of phenols is 1. The van der Waals surface area contributed by atoms with E-state index in [2.05, 4.69) is 44.7 Å². The number of nitrogens with zero attached hydrogens (tertiary/aromatic N) is 5. The zero-order valence-corrected chi connectivity index (χ0v) is 16.9. The molecule has 2 heterocycles. The van der Waals surface area contributed by atoms with Crippen LogP contribution in [0, 0.1) is 5.82 Å². The van der Waals surface area contributed by atoms with Gasteiger partial charge in [0.2, 0.25) is 0 Å². The Morgan fingerprint density at radius 3 is 2.45 bits per heavy atom. The predicted octanol–water partition coefficient (Wildman–Crippen LogP) is 3.71. The molecule has 0 saturated carbocycles. The normalized spacial score (nSPS) is 14.9. The van der Waals surface area contributed by atoms with Crippen molar-refractivity contribution in [2.75, 3.05) is 6.54 Å².